The van der Waals surface area contributed by atoms with E-state index < -0.39 is 22.8 Å². The van der Waals surface area contributed by atoms with Crippen LogP contribution < -0.4 is 15.4 Å². The third kappa shape index (κ3) is 6.13. The molecule has 0 bridgehead atoms. The quantitative estimate of drug-likeness (QED) is 0.107. The van der Waals surface area contributed by atoms with Gasteiger partial charge in [-0.2, -0.15) is 0 Å². The van der Waals surface area contributed by atoms with Crippen molar-refractivity contribution in [2.45, 2.75) is 25.8 Å². The number of aliphatic hydroxyl groups is 1. The zero-order valence-corrected chi connectivity index (χ0v) is 22.5. The third-order valence-electron chi connectivity index (χ3n) is 6.50. The van der Waals surface area contributed by atoms with Crippen LogP contribution in [0.2, 0.25) is 0 Å². The number of pyridine rings is 1. The smallest absolute Gasteiger partial charge is 0.291 e. The molecule has 1 aromatic carbocycles. The van der Waals surface area contributed by atoms with E-state index in [1.54, 1.807) is 17.0 Å². The lowest BCUT2D eigenvalue weighted by atomic mass is 10.0. The van der Waals surface area contributed by atoms with Gasteiger partial charge in [0.05, 0.1) is 37.8 Å². The van der Waals surface area contributed by atoms with Gasteiger partial charge in [0.15, 0.2) is 5.75 Å². The number of fused-ring (bicyclic) bond motifs is 1. The maximum Gasteiger partial charge on any atom is 0.291 e. The summed E-state index contributed by atoms with van der Waals surface area (Å²) in [5.41, 5.74) is 0.0380. The number of nitrogens with zero attached hydrogens (tertiary/aromatic N) is 2. The van der Waals surface area contributed by atoms with Gasteiger partial charge in [-0.15, -0.1) is 0 Å². The number of ether oxygens (including phenoxy) is 3. The molecule has 3 heterocycles. The number of carbonyl (C=O) groups excluding carboxylic acids is 3. The number of methoxy groups -OCH3 is 1. The van der Waals surface area contributed by atoms with Crippen LogP contribution in [-0.4, -0.2) is 78.1 Å². The van der Waals surface area contributed by atoms with E-state index in [9.17, 15) is 23.9 Å². The molecule has 0 radical (unpaired) electrons. The number of anilines is 1. The molecule has 0 atom stereocenters. The average molecular weight is 555 g/mol. The largest absolute Gasteiger partial charge is 0.515 e. The number of aromatic nitrogens is 1. The highest BCUT2D eigenvalue weighted by Crippen LogP contribution is 2.38. The van der Waals surface area contributed by atoms with Crippen LogP contribution in [-0.2, 0) is 25.5 Å². The first-order chi connectivity index (χ1) is 19.2. The summed E-state index contributed by atoms with van der Waals surface area (Å²) in [6.45, 7) is 5.21. The summed E-state index contributed by atoms with van der Waals surface area (Å²) in [7, 11) is 1.46. The third-order valence-corrected chi connectivity index (χ3v) is 6.50. The Morgan fingerprint density at radius 1 is 1.27 bits per heavy atom. The molecule has 4 rings (SSSR count). The molecule has 0 saturated carbocycles. The number of morpholine rings is 1. The van der Waals surface area contributed by atoms with E-state index >= 15 is 0 Å². The van der Waals surface area contributed by atoms with Crippen molar-refractivity contribution in [1.82, 2.24) is 15.2 Å². The standard InChI is InChI=1S/C28H31FN4O7/c1-28(2)16-39-11-9-33(28)27(37)21-14-32-23-22(24(35)20(15-34)26(36)30-8-10-38-3)31-13-18(25(23)40-21)12-17-4-6-19(29)7-5-17/h4-7,13-15,32,34H,8-12,16H2,1-3H3,(H,30,36). The number of halogens is 1. The Morgan fingerprint density at radius 2 is 2.02 bits per heavy atom. The van der Waals surface area contributed by atoms with Gasteiger partial charge < -0.3 is 34.9 Å². The number of aliphatic hydroxyl groups excluding tert-OH is 1. The van der Waals surface area contributed by atoms with Crippen molar-refractivity contribution >= 4 is 23.3 Å². The van der Waals surface area contributed by atoms with Crippen molar-refractivity contribution < 1.29 is 38.1 Å². The molecular weight excluding hydrogens is 523 g/mol. The van der Waals surface area contributed by atoms with Gasteiger partial charge in [0, 0.05) is 38.4 Å². The summed E-state index contributed by atoms with van der Waals surface area (Å²) in [5, 5.41) is 15.1. The number of ketones is 1. The van der Waals surface area contributed by atoms with E-state index in [1.807, 2.05) is 13.8 Å². The van der Waals surface area contributed by atoms with Crippen LogP contribution in [0.4, 0.5) is 10.1 Å². The van der Waals surface area contributed by atoms with Gasteiger partial charge in [-0.25, -0.2) is 9.37 Å². The van der Waals surface area contributed by atoms with Crippen LogP contribution in [0.3, 0.4) is 0 Å². The fourth-order valence-electron chi connectivity index (χ4n) is 4.36. The number of Topliss-reactive ketones (excluding diaryl/α,β-unsaturated/α-hetero) is 1. The lowest BCUT2D eigenvalue weighted by molar-refractivity contribution is -0.144. The molecule has 0 unspecified atom stereocenters. The highest BCUT2D eigenvalue weighted by Gasteiger charge is 2.38. The van der Waals surface area contributed by atoms with E-state index in [0.29, 0.717) is 31.6 Å². The van der Waals surface area contributed by atoms with Crippen LogP contribution in [0.5, 0.6) is 5.75 Å². The van der Waals surface area contributed by atoms with E-state index in [1.165, 1.54) is 31.6 Å². The Bertz CT molecular complexity index is 1360. The highest BCUT2D eigenvalue weighted by molar-refractivity contribution is 6.26. The molecule has 2 aromatic rings. The fourth-order valence-corrected chi connectivity index (χ4v) is 4.36. The van der Waals surface area contributed by atoms with Crippen molar-refractivity contribution in [3.63, 3.8) is 0 Å². The summed E-state index contributed by atoms with van der Waals surface area (Å²) >= 11 is 0. The van der Waals surface area contributed by atoms with Crippen molar-refractivity contribution in [3.8, 4) is 5.75 Å². The van der Waals surface area contributed by atoms with Gasteiger partial charge in [-0.3, -0.25) is 14.4 Å². The zero-order valence-electron chi connectivity index (χ0n) is 22.5. The predicted octanol–water partition coefficient (Wildman–Crippen LogP) is 2.48. The van der Waals surface area contributed by atoms with Gasteiger partial charge in [0.25, 0.3) is 11.8 Å². The molecule has 2 aliphatic heterocycles. The van der Waals surface area contributed by atoms with Gasteiger partial charge in [0.1, 0.15) is 22.8 Å². The van der Waals surface area contributed by atoms with Crippen LogP contribution in [0.15, 0.2) is 54.3 Å². The maximum absolute atomic E-state index is 13.5. The Hall–Kier alpha value is -4.29. The fraction of sp³-hybridized carbons (Fsp3) is 0.357. The number of hydrogen-bond acceptors (Lipinski definition) is 9. The Kier molecular flexibility index (Phi) is 8.80. The minimum absolute atomic E-state index is 0.0114. The molecule has 1 saturated heterocycles. The Balaban J connectivity index is 1.69. The van der Waals surface area contributed by atoms with Crippen LogP contribution in [0, 0.1) is 5.82 Å². The molecule has 1 aromatic heterocycles. The second kappa shape index (κ2) is 12.3. The molecule has 2 amide bonds. The molecule has 3 N–H and O–H groups in total. The number of amides is 2. The lowest BCUT2D eigenvalue weighted by Crippen LogP contribution is -2.56. The van der Waals surface area contributed by atoms with E-state index in [-0.39, 0.29) is 54.2 Å². The van der Waals surface area contributed by atoms with Crippen LogP contribution in [0.1, 0.15) is 35.5 Å². The molecular formula is C28H31FN4O7. The van der Waals surface area contributed by atoms with Gasteiger partial charge in [0.2, 0.25) is 11.5 Å². The second-order valence-electron chi connectivity index (χ2n) is 9.84. The first-order valence-corrected chi connectivity index (χ1v) is 12.6. The van der Waals surface area contributed by atoms with Crippen LogP contribution >= 0.6 is 0 Å². The SMILES string of the molecule is COCCNC(=O)C(=CO)C(=O)c1ncc(Cc2ccc(F)cc2)c2c1NC=C(C(=O)N1CCOCC1(C)C)O2. The molecule has 212 valence electrons. The Morgan fingerprint density at radius 3 is 2.70 bits per heavy atom. The monoisotopic (exact) mass is 554 g/mol. The molecule has 11 nitrogen and oxygen atoms in total. The second-order valence-corrected chi connectivity index (χ2v) is 9.84. The minimum atomic E-state index is -0.865. The Labute approximate surface area is 230 Å². The number of nitrogens with one attached hydrogen (secondary N) is 2. The van der Waals surface area contributed by atoms with Crippen molar-refractivity contribution in [3.05, 3.63) is 76.9 Å². The summed E-state index contributed by atoms with van der Waals surface area (Å²) in [4.78, 5) is 45.3. The predicted molar refractivity (Wildman–Crippen MR) is 142 cm³/mol. The zero-order chi connectivity index (χ0) is 28.9. The van der Waals surface area contributed by atoms with Gasteiger partial charge in [-0.1, -0.05) is 12.1 Å². The summed E-state index contributed by atoms with van der Waals surface area (Å²) in [5.74, 6) is -2.31. The summed E-state index contributed by atoms with van der Waals surface area (Å²) in [6, 6.07) is 5.85. The number of hydrogen-bond donors (Lipinski definition) is 3. The minimum Gasteiger partial charge on any atom is -0.515 e. The van der Waals surface area contributed by atoms with E-state index in [0.717, 1.165) is 5.56 Å². The highest BCUT2D eigenvalue weighted by atomic mass is 19.1. The number of rotatable bonds is 9. The average Bonchev–Trinajstić information content (AvgIpc) is 2.94. The number of benzene rings is 1. The summed E-state index contributed by atoms with van der Waals surface area (Å²) < 4.78 is 30.0. The lowest BCUT2D eigenvalue weighted by Gasteiger charge is -2.42. The van der Waals surface area contributed by atoms with Gasteiger partial charge >= 0.3 is 0 Å². The van der Waals surface area contributed by atoms with Gasteiger partial charge in [-0.05, 0) is 31.5 Å². The van der Waals surface area contributed by atoms with Crippen LogP contribution in [0.25, 0.3) is 0 Å². The van der Waals surface area contributed by atoms with E-state index in [4.69, 9.17) is 14.2 Å². The van der Waals surface area contributed by atoms with E-state index in [2.05, 4.69) is 15.6 Å². The molecule has 2 aliphatic rings. The van der Waals surface area contributed by atoms with Crippen molar-refractivity contribution in [2.75, 3.05) is 45.3 Å². The maximum atomic E-state index is 13.5. The molecule has 0 spiro atoms. The summed E-state index contributed by atoms with van der Waals surface area (Å²) in [6.07, 6.45) is 3.38. The molecule has 1 fully saturated rings. The first kappa shape index (κ1) is 28.7. The van der Waals surface area contributed by atoms with Crippen molar-refractivity contribution in [1.29, 1.82) is 0 Å². The van der Waals surface area contributed by atoms with Crippen molar-refractivity contribution in [2.24, 2.45) is 0 Å². The number of carbonyl (C=O) groups is 3. The molecule has 40 heavy (non-hydrogen) atoms. The first-order valence-electron chi connectivity index (χ1n) is 12.6. The molecule has 12 heteroatoms. The topological polar surface area (TPSA) is 139 Å². The normalized spacial score (nSPS) is 16.2. The molecule has 0 aliphatic carbocycles.